The maximum absolute atomic E-state index is 13.0. The second-order valence-corrected chi connectivity index (χ2v) is 8.39. The van der Waals surface area contributed by atoms with Gasteiger partial charge in [0.25, 0.3) is 0 Å². The van der Waals surface area contributed by atoms with Crippen LogP contribution in [0.4, 0.5) is 19.0 Å². The van der Waals surface area contributed by atoms with Crippen molar-refractivity contribution in [2.75, 3.05) is 37.6 Å². The van der Waals surface area contributed by atoms with Gasteiger partial charge in [-0.1, -0.05) is 0 Å². The fourth-order valence-electron chi connectivity index (χ4n) is 4.93. The molecule has 10 heteroatoms. The molecule has 0 aromatic carbocycles. The molecule has 0 radical (unpaired) electrons. The summed E-state index contributed by atoms with van der Waals surface area (Å²) >= 11 is 0. The number of carbonyl (C=O) groups excluding carboxylic acids is 2. The second kappa shape index (κ2) is 8.03. The van der Waals surface area contributed by atoms with Crippen LogP contribution in [0.2, 0.25) is 0 Å². The van der Waals surface area contributed by atoms with Gasteiger partial charge in [-0.2, -0.15) is 13.2 Å². The lowest BCUT2D eigenvalue weighted by atomic mass is 9.87. The van der Waals surface area contributed by atoms with Gasteiger partial charge in [0.15, 0.2) is 0 Å². The summed E-state index contributed by atoms with van der Waals surface area (Å²) in [5, 5.41) is 0. The molecule has 3 aliphatic rings. The highest BCUT2D eigenvalue weighted by Gasteiger charge is 2.47. The number of halogens is 3. The zero-order valence-corrected chi connectivity index (χ0v) is 16.8. The fourth-order valence-corrected chi connectivity index (χ4v) is 4.93. The molecule has 0 N–H and O–H groups in total. The Balaban J connectivity index is 1.48. The van der Waals surface area contributed by atoms with Gasteiger partial charge in [-0.25, -0.2) is 9.97 Å². The Kier molecular flexibility index (Phi) is 5.59. The number of hydrogen-bond donors (Lipinski definition) is 0. The molecule has 4 heterocycles. The van der Waals surface area contributed by atoms with Crippen molar-refractivity contribution in [3.63, 3.8) is 0 Å². The number of hydrogen-bond acceptors (Lipinski definition) is 5. The summed E-state index contributed by atoms with van der Waals surface area (Å²) in [4.78, 5) is 38.1. The zero-order chi connectivity index (χ0) is 21.4. The molecular formula is C20H26F3N5O2. The first-order valence-corrected chi connectivity index (χ1v) is 10.5. The van der Waals surface area contributed by atoms with E-state index in [-0.39, 0.29) is 24.2 Å². The van der Waals surface area contributed by atoms with Crippen molar-refractivity contribution in [3.05, 3.63) is 18.1 Å². The first kappa shape index (κ1) is 20.9. The van der Waals surface area contributed by atoms with Crippen molar-refractivity contribution in [1.29, 1.82) is 0 Å². The van der Waals surface area contributed by atoms with E-state index in [1.807, 2.05) is 9.80 Å². The third-order valence-electron chi connectivity index (χ3n) is 6.61. The minimum absolute atomic E-state index is 0.00242. The third kappa shape index (κ3) is 4.09. The lowest BCUT2D eigenvalue weighted by Crippen LogP contribution is -2.51. The van der Waals surface area contributed by atoms with Crippen LogP contribution in [0.5, 0.6) is 0 Å². The number of rotatable bonds is 3. The van der Waals surface area contributed by atoms with Gasteiger partial charge in [-0.15, -0.1) is 0 Å². The summed E-state index contributed by atoms with van der Waals surface area (Å²) in [5.41, 5.74) is -1.36. The number of anilines is 1. The van der Waals surface area contributed by atoms with Crippen molar-refractivity contribution >= 4 is 17.6 Å². The van der Waals surface area contributed by atoms with Gasteiger partial charge in [-0.05, 0) is 38.5 Å². The predicted octanol–water partition coefficient (Wildman–Crippen LogP) is 2.47. The van der Waals surface area contributed by atoms with Crippen LogP contribution in [0.25, 0.3) is 0 Å². The molecule has 3 fully saturated rings. The summed E-state index contributed by atoms with van der Waals surface area (Å²) in [7, 11) is 0. The molecule has 1 spiro atoms. The number of carbonyl (C=O) groups is 2. The van der Waals surface area contributed by atoms with Gasteiger partial charge < -0.3 is 14.7 Å². The molecule has 3 aliphatic heterocycles. The Morgan fingerprint density at radius 2 is 1.80 bits per heavy atom. The maximum atomic E-state index is 13.0. The van der Waals surface area contributed by atoms with E-state index in [2.05, 4.69) is 9.97 Å². The number of nitrogens with zero attached hydrogens (tertiary/aromatic N) is 5. The van der Waals surface area contributed by atoms with E-state index in [0.29, 0.717) is 38.8 Å². The second-order valence-electron chi connectivity index (χ2n) is 8.39. The Morgan fingerprint density at radius 1 is 1.03 bits per heavy atom. The van der Waals surface area contributed by atoms with E-state index in [1.165, 1.54) is 0 Å². The number of amides is 2. The molecular weight excluding hydrogens is 399 g/mol. The predicted molar refractivity (Wildman–Crippen MR) is 103 cm³/mol. The lowest BCUT2D eigenvalue weighted by molar-refractivity contribution is -0.141. The molecule has 3 saturated heterocycles. The van der Waals surface area contributed by atoms with Gasteiger partial charge in [0.05, 0.1) is 0 Å². The first-order valence-electron chi connectivity index (χ1n) is 10.5. The quantitative estimate of drug-likeness (QED) is 0.744. The van der Waals surface area contributed by atoms with Crippen LogP contribution in [0.1, 0.15) is 50.6 Å². The van der Waals surface area contributed by atoms with Gasteiger partial charge in [0.1, 0.15) is 24.4 Å². The van der Waals surface area contributed by atoms with Crippen molar-refractivity contribution in [2.24, 2.45) is 0 Å². The number of alkyl halides is 3. The molecule has 0 bridgehead atoms. The average molecular weight is 425 g/mol. The summed E-state index contributed by atoms with van der Waals surface area (Å²) in [6.45, 7) is 2.63. The van der Waals surface area contributed by atoms with Gasteiger partial charge in [0.2, 0.25) is 11.8 Å². The summed E-state index contributed by atoms with van der Waals surface area (Å²) in [6.07, 6.45) is 1.58. The van der Waals surface area contributed by atoms with E-state index in [4.69, 9.17) is 0 Å². The van der Waals surface area contributed by atoms with E-state index in [9.17, 15) is 22.8 Å². The molecule has 1 unspecified atom stereocenters. The minimum atomic E-state index is -4.52. The largest absolute Gasteiger partial charge is 0.433 e. The normalized spacial score (nSPS) is 25.3. The van der Waals surface area contributed by atoms with E-state index in [0.717, 1.165) is 44.7 Å². The Hall–Kier alpha value is -2.39. The van der Waals surface area contributed by atoms with Crippen molar-refractivity contribution in [2.45, 2.75) is 56.7 Å². The van der Waals surface area contributed by atoms with Crippen molar-refractivity contribution < 1.29 is 22.8 Å². The van der Waals surface area contributed by atoms with Crippen LogP contribution >= 0.6 is 0 Å². The van der Waals surface area contributed by atoms with Crippen LogP contribution in [-0.2, 0) is 15.8 Å². The smallest absolute Gasteiger partial charge is 0.356 e. The summed E-state index contributed by atoms with van der Waals surface area (Å²) in [6, 6.07) is 0.979. The molecule has 4 rings (SSSR count). The zero-order valence-electron chi connectivity index (χ0n) is 16.8. The van der Waals surface area contributed by atoms with Gasteiger partial charge in [0, 0.05) is 44.2 Å². The molecule has 7 nitrogen and oxygen atoms in total. The van der Waals surface area contributed by atoms with Crippen molar-refractivity contribution in [3.8, 4) is 0 Å². The SMILES string of the molecule is O=C(CN1C(=O)CCC12CCCN(c1cc(C(F)(F)F)ncn1)CC2)N1CCCC1. The lowest BCUT2D eigenvalue weighted by Gasteiger charge is -2.38. The highest BCUT2D eigenvalue weighted by Crippen LogP contribution is 2.40. The highest BCUT2D eigenvalue weighted by molar-refractivity contribution is 5.87. The summed E-state index contributed by atoms with van der Waals surface area (Å²) in [5.74, 6) is 0.240. The number of aromatic nitrogens is 2. The minimum Gasteiger partial charge on any atom is -0.356 e. The molecule has 1 aromatic rings. The molecule has 0 aliphatic carbocycles. The summed E-state index contributed by atoms with van der Waals surface area (Å²) < 4.78 is 39.0. The van der Waals surface area contributed by atoms with E-state index in [1.54, 1.807) is 4.90 Å². The van der Waals surface area contributed by atoms with Gasteiger partial charge >= 0.3 is 6.18 Å². The topological polar surface area (TPSA) is 69.6 Å². The van der Waals surface area contributed by atoms with E-state index < -0.39 is 17.4 Å². The van der Waals surface area contributed by atoms with Crippen LogP contribution in [0.15, 0.2) is 12.4 Å². The van der Waals surface area contributed by atoms with Crippen LogP contribution in [0.3, 0.4) is 0 Å². The average Bonchev–Trinajstić information content (AvgIpc) is 3.28. The standard InChI is InChI=1S/C20H26F3N5O2/c21-20(22,23)15-12-16(25-14-24-15)26-10-3-5-19(7-11-26)6-4-17(29)28(19)13-18(30)27-8-1-2-9-27/h12,14H,1-11,13H2. The third-order valence-corrected chi connectivity index (χ3v) is 6.61. The van der Waals surface area contributed by atoms with Gasteiger partial charge in [-0.3, -0.25) is 9.59 Å². The molecule has 1 aromatic heterocycles. The van der Waals surface area contributed by atoms with Crippen LogP contribution < -0.4 is 4.90 Å². The highest BCUT2D eigenvalue weighted by atomic mass is 19.4. The molecule has 1 atom stereocenters. The Bertz CT molecular complexity index is 812. The number of likely N-dealkylation sites (tertiary alicyclic amines) is 2. The Labute approximate surface area is 173 Å². The van der Waals surface area contributed by atoms with Crippen LogP contribution in [0, 0.1) is 0 Å². The molecule has 164 valence electrons. The maximum Gasteiger partial charge on any atom is 0.433 e. The molecule has 30 heavy (non-hydrogen) atoms. The van der Waals surface area contributed by atoms with E-state index >= 15 is 0 Å². The fraction of sp³-hybridized carbons (Fsp3) is 0.700. The Morgan fingerprint density at radius 3 is 2.53 bits per heavy atom. The monoisotopic (exact) mass is 425 g/mol. The molecule has 2 amide bonds. The first-order chi connectivity index (χ1) is 14.3. The molecule has 0 saturated carbocycles. The van der Waals surface area contributed by atoms with Crippen molar-refractivity contribution in [1.82, 2.24) is 19.8 Å². The van der Waals surface area contributed by atoms with Crippen LogP contribution in [-0.4, -0.2) is 69.8 Å².